The fourth-order valence-corrected chi connectivity index (χ4v) is 3.62. The van der Waals surface area contributed by atoms with Crippen LogP contribution in [-0.4, -0.2) is 24.0 Å². The summed E-state index contributed by atoms with van der Waals surface area (Å²) in [6, 6.07) is 10.9. The Bertz CT molecular complexity index is 1270. The van der Waals surface area contributed by atoms with Gasteiger partial charge in [0.25, 0.3) is 5.91 Å². The third-order valence-electron chi connectivity index (χ3n) is 4.89. The Morgan fingerprint density at radius 2 is 1.72 bits per heavy atom. The molecule has 32 heavy (non-hydrogen) atoms. The molecule has 6 nitrogen and oxygen atoms in total. The second kappa shape index (κ2) is 7.76. The van der Waals surface area contributed by atoms with Crippen LogP contribution < -0.4 is 15.4 Å². The molecule has 0 saturated heterocycles. The summed E-state index contributed by atoms with van der Waals surface area (Å²) in [5, 5.41) is 14.5. The minimum absolute atomic E-state index is 0.0968. The van der Waals surface area contributed by atoms with E-state index in [9.17, 15) is 27.9 Å². The standard InChI is InChI=1S/C22H14ClF3N2O4/c1-27-20(29)12-6-13(21(30)31)19-18(9-12)32-17-8-11(3-5-16(17)28-19)10-2-4-14(15(23)7-10)22(24,25)26/h2-9,28H,1H3,(H,27,29)(H,30,31). The molecule has 10 heteroatoms. The number of rotatable bonds is 3. The lowest BCUT2D eigenvalue weighted by molar-refractivity contribution is -0.137. The van der Waals surface area contributed by atoms with Crippen molar-refractivity contribution in [2.24, 2.45) is 0 Å². The molecule has 1 amide bonds. The molecule has 0 saturated carbocycles. The summed E-state index contributed by atoms with van der Waals surface area (Å²) in [7, 11) is 1.41. The number of nitrogens with one attached hydrogen (secondary N) is 2. The number of halogens is 4. The predicted octanol–water partition coefficient (Wildman–Crippen LogP) is 5.93. The van der Waals surface area contributed by atoms with Crippen LogP contribution in [0, 0.1) is 0 Å². The van der Waals surface area contributed by atoms with Gasteiger partial charge < -0.3 is 20.5 Å². The molecule has 0 unspecified atom stereocenters. The Morgan fingerprint density at radius 1 is 1.03 bits per heavy atom. The molecule has 1 heterocycles. The lowest BCUT2D eigenvalue weighted by atomic mass is 10.0. The largest absolute Gasteiger partial charge is 0.478 e. The fraction of sp³-hybridized carbons (Fsp3) is 0.0909. The summed E-state index contributed by atoms with van der Waals surface area (Å²) in [4.78, 5) is 23.7. The van der Waals surface area contributed by atoms with Crippen LogP contribution in [0.3, 0.4) is 0 Å². The number of ether oxygens (including phenoxy) is 1. The number of alkyl halides is 3. The minimum atomic E-state index is -4.56. The van der Waals surface area contributed by atoms with Gasteiger partial charge in [-0.1, -0.05) is 23.7 Å². The van der Waals surface area contributed by atoms with Crippen LogP contribution in [0.2, 0.25) is 5.02 Å². The van der Waals surface area contributed by atoms with E-state index in [4.69, 9.17) is 16.3 Å². The van der Waals surface area contributed by atoms with Crippen molar-refractivity contribution in [2.75, 3.05) is 12.4 Å². The summed E-state index contributed by atoms with van der Waals surface area (Å²) in [6.07, 6.45) is -4.56. The summed E-state index contributed by atoms with van der Waals surface area (Å²) in [6.45, 7) is 0. The highest BCUT2D eigenvalue weighted by Gasteiger charge is 2.33. The first kappa shape index (κ1) is 21.5. The quantitative estimate of drug-likeness (QED) is 0.351. The third kappa shape index (κ3) is 3.82. The highest BCUT2D eigenvalue weighted by Crippen LogP contribution is 2.46. The van der Waals surface area contributed by atoms with Crippen LogP contribution in [0.4, 0.5) is 24.5 Å². The van der Waals surface area contributed by atoms with Crippen LogP contribution in [0.5, 0.6) is 11.5 Å². The molecule has 4 rings (SSSR count). The first-order valence-corrected chi connectivity index (χ1v) is 9.55. The number of amides is 1. The molecule has 1 aliphatic heterocycles. The van der Waals surface area contributed by atoms with Gasteiger partial charge in [0.15, 0.2) is 11.5 Å². The molecule has 164 valence electrons. The maximum atomic E-state index is 13.0. The van der Waals surface area contributed by atoms with Gasteiger partial charge >= 0.3 is 12.1 Å². The Hall–Kier alpha value is -3.72. The molecule has 0 radical (unpaired) electrons. The lowest BCUT2D eigenvalue weighted by Crippen LogP contribution is -2.19. The molecular weight excluding hydrogens is 449 g/mol. The number of fused-ring (bicyclic) bond motifs is 2. The molecule has 1 aliphatic rings. The van der Waals surface area contributed by atoms with E-state index in [1.165, 1.54) is 31.3 Å². The number of carboxylic acids is 1. The monoisotopic (exact) mass is 462 g/mol. The van der Waals surface area contributed by atoms with E-state index in [2.05, 4.69) is 10.6 Å². The van der Waals surface area contributed by atoms with Crippen molar-refractivity contribution in [3.05, 3.63) is 70.2 Å². The summed E-state index contributed by atoms with van der Waals surface area (Å²) < 4.78 is 44.8. The van der Waals surface area contributed by atoms with Crippen molar-refractivity contribution in [1.29, 1.82) is 0 Å². The van der Waals surface area contributed by atoms with Gasteiger partial charge in [-0.3, -0.25) is 4.79 Å². The van der Waals surface area contributed by atoms with Gasteiger partial charge in [-0.25, -0.2) is 4.79 Å². The minimum Gasteiger partial charge on any atom is -0.478 e. The molecular formula is C22H14ClF3N2O4. The van der Waals surface area contributed by atoms with Crippen molar-refractivity contribution < 1.29 is 32.6 Å². The Kier molecular flexibility index (Phi) is 5.21. The van der Waals surface area contributed by atoms with Crippen LogP contribution in [0.1, 0.15) is 26.3 Å². The smallest absolute Gasteiger partial charge is 0.417 e. The van der Waals surface area contributed by atoms with E-state index in [1.807, 2.05) is 0 Å². The van der Waals surface area contributed by atoms with Gasteiger partial charge in [-0.05, 0) is 47.5 Å². The third-order valence-corrected chi connectivity index (χ3v) is 5.20. The normalized spacial score (nSPS) is 12.2. The number of anilines is 2. The van der Waals surface area contributed by atoms with Crippen LogP contribution in [0.25, 0.3) is 11.1 Å². The zero-order valence-electron chi connectivity index (χ0n) is 16.3. The first-order valence-electron chi connectivity index (χ1n) is 9.18. The lowest BCUT2D eigenvalue weighted by Gasteiger charge is -2.24. The first-order chi connectivity index (χ1) is 15.1. The molecule has 3 aromatic rings. The Morgan fingerprint density at radius 3 is 2.34 bits per heavy atom. The molecule has 0 atom stereocenters. The maximum absolute atomic E-state index is 13.0. The van der Waals surface area contributed by atoms with E-state index in [-0.39, 0.29) is 22.6 Å². The van der Waals surface area contributed by atoms with Gasteiger partial charge in [-0.2, -0.15) is 13.2 Å². The highest BCUT2D eigenvalue weighted by molar-refractivity contribution is 6.31. The average molecular weight is 463 g/mol. The number of benzene rings is 3. The second-order valence-electron chi connectivity index (χ2n) is 6.91. The van der Waals surface area contributed by atoms with Gasteiger partial charge in [0.1, 0.15) is 0 Å². The SMILES string of the molecule is CNC(=O)c1cc2c(c(C(=O)O)c1)Nc1ccc(-c3ccc(C(F)(F)F)c(Cl)c3)cc1O2. The van der Waals surface area contributed by atoms with E-state index in [0.29, 0.717) is 22.6 Å². The number of aromatic carboxylic acids is 1. The van der Waals surface area contributed by atoms with Crippen molar-refractivity contribution in [3.8, 4) is 22.6 Å². The number of carbonyl (C=O) groups is 2. The maximum Gasteiger partial charge on any atom is 0.417 e. The average Bonchev–Trinajstić information content (AvgIpc) is 2.74. The van der Waals surface area contributed by atoms with Gasteiger partial charge in [0.2, 0.25) is 0 Å². The van der Waals surface area contributed by atoms with E-state index in [0.717, 1.165) is 6.07 Å². The van der Waals surface area contributed by atoms with Crippen molar-refractivity contribution in [2.45, 2.75) is 6.18 Å². The highest BCUT2D eigenvalue weighted by atomic mass is 35.5. The van der Waals surface area contributed by atoms with E-state index < -0.39 is 28.6 Å². The Balaban J connectivity index is 1.74. The summed E-state index contributed by atoms with van der Waals surface area (Å²) in [5.41, 5.74) is 0.620. The molecule has 3 aromatic carbocycles. The van der Waals surface area contributed by atoms with Crippen molar-refractivity contribution >= 4 is 34.9 Å². The van der Waals surface area contributed by atoms with Crippen LogP contribution in [-0.2, 0) is 6.18 Å². The Labute approximate surface area is 184 Å². The van der Waals surface area contributed by atoms with Crippen molar-refractivity contribution in [3.63, 3.8) is 0 Å². The number of hydrogen-bond donors (Lipinski definition) is 3. The molecule has 0 aromatic heterocycles. The van der Waals surface area contributed by atoms with Gasteiger partial charge in [-0.15, -0.1) is 0 Å². The molecule has 0 fully saturated rings. The van der Waals surface area contributed by atoms with E-state index >= 15 is 0 Å². The van der Waals surface area contributed by atoms with Gasteiger partial charge in [0, 0.05) is 12.6 Å². The molecule has 0 aliphatic carbocycles. The van der Waals surface area contributed by atoms with Crippen LogP contribution >= 0.6 is 11.6 Å². The zero-order chi connectivity index (χ0) is 23.2. The number of carbonyl (C=O) groups excluding carboxylic acids is 1. The topological polar surface area (TPSA) is 87.7 Å². The number of hydrogen-bond acceptors (Lipinski definition) is 4. The molecule has 0 bridgehead atoms. The number of carboxylic acid groups (broad SMARTS) is 1. The van der Waals surface area contributed by atoms with Crippen LogP contribution in [0.15, 0.2) is 48.5 Å². The summed E-state index contributed by atoms with van der Waals surface area (Å²) in [5.74, 6) is -1.31. The van der Waals surface area contributed by atoms with Gasteiger partial charge in [0.05, 0.1) is 27.5 Å². The predicted molar refractivity (Wildman–Crippen MR) is 112 cm³/mol. The molecule has 3 N–H and O–H groups in total. The van der Waals surface area contributed by atoms with E-state index in [1.54, 1.807) is 18.2 Å². The zero-order valence-corrected chi connectivity index (χ0v) is 17.1. The molecule has 0 spiro atoms. The van der Waals surface area contributed by atoms with Crippen molar-refractivity contribution in [1.82, 2.24) is 5.32 Å². The second-order valence-corrected chi connectivity index (χ2v) is 7.32. The fourth-order valence-electron chi connectivity index (χ4n) is 3.34. The summed E-state index contributed by atoms with van der Waals surface area (Å²) >= 11 is 5.83.